The standard InChI is InChI=1S/C21H15ClN2O3S/c1-2-27-21(26)18-17(13-6-4-3-5-7-13)16(12-23)20(28-18)24-19(25)14-8-10-15(22)11-9-14/h3-11H,2H2,1H3,(H,24,25). The average molecular weight is 411 g/mol. The van der Waals surface area contributed by atoms with Crippen molar-refractivity contribution >= 4 is 39.8 Å². The fraction of sp³-hybridized carbons (Fsp3) is 0.0952. The summed E-state index contributed by atoms with van der Waals surface area (Å²) in [5.41, 5.74) is 1.77. The molecule has 0 bridgehead atoms. The predicted molar refractivity (Wildman–Crippen MR) is 110 cm³/mol. The Morgan fingerprint density at radius 1 is 1.14 bits per heavy atom. The summed E-state index contributed by atoms with van der Waals surface area (Å²) in [6, 6.07) is 17.6. The molecule has 0 saturated carbocycles. The average Bonchev–Trinajstić information content (AvgIpc) is 3.07. The molecule has 1 amide bonds. The molecule has 2 aromatic carbocycles. The van der Waals surface area contributed by atoms with Crippen LogP contribution >= 0.6 is 22.9 Å². The highest BCUT2D eigenvalue weighted by Crippen LogP contribution is 2.40. The fourth-order valence-electron chi connectivity index (χ4n) is 2.62. The molecule has 0 aliphatic carbocycles. The van der Waals surface area contributed by atoms with Crippen LogP contribution in [0.1, 0.15) is 32.5 Å². The molecule has 1 aromatic heterocycles. The number of rotatable bonds is 5. The van der Waals surface area contributed by atoms with Gasteiger partial charge in [0.25, 0.3) is 5.91 Å². The number of nitrogens with one attached hydrogen (secondary N) is 1. The Hall–Kier alpha value is -3.14. The van der Waals surface area contributed by atoms with Crippen molar-refractivity contribution < 1.29 is 14.3 Å². The maximum Gasteiger partial charge on any atom is 0.349 e. The number of anilines is 1. The number of thiophene rings is 1. The summed E-state index contributed by atoms with van der Waals surface area (Å²) < 4.78 is 5.14. The number of carbonyl (C=O) groups is 2. The molecule has 0 fully saturated rings. The van der Waals surface area contributed by atoms with Gasteiger partial charge in [0.2, 0.25) is 0 Å². The first-order chi connectivity index (χ1) is 13.5. The minimum absolute atomic E-state index is 0.208. The number of carbonyl (C=O) groups excluding carboxylic acids is 2. The van der Waals surface area contributed by atoms with E-state index < -0.39 is 11.9 Å². The molecular weight excluding hydrogens is 396 g/mol. The molecule has 0 saturated heterocycles. The normalized spacial score (nSPS) is 10.2. The summed E-state index contributed by atoms with van der Waals surface area (Å²) in [5.74, 6) is -0.931. The Morgan fingerprint density at radius 2 is 1.82 bits per heavy atom. The van der Waals surface area contributed by atoms with Crippen LogP contribution in [0.3, 0.4) is 0 Å². The molecule has 3 aromatic rings. The van der Waals surface area contributed by atoms with Gasteiger partial charge in [0, 0.05) is 16.1 Å². The van der Waals surface area contributed by atoms with Crippen molar-refractivity contribution in [1.29, 1.82) is 5.26 Å². The second kappa shape index (κ2) is 8.70. The second-order valence-corrected chi connectivity index (χ2v) is 7.13. The molecule has 5 nitrogen and oxygen atoms in total. The summed E-state index contributed by atoms with van der Waals surface area (Å²) in [7, 11) is 0. The molecule has 1 heterocycles. The van der Waals surface area contributed by atoms with Crippen LogP contribution in [0.4, 0.5) is 5.00 Å². The third-order valence-corrected chi connectivity index (χ3v) is 5.21. The molecule has 3 rings (SSSR count). The summed E-state index contributed by atoms with van der Waals surface area (Å²) >= 11 is 6.88. The zero-order valence-electron chi connectivity index (χ0n) is 14.9. The van der Waals surface area contributed by atoms with Crippen molar-refractivity contribution in [2.45, 2.75) is 6.92 Å². The maximum atomic E-state index is 12.6. The Balaban J connectivity index is 2.06. The largest absolute Gasteiger partial charge is 0.462 e. The molecule has 0 radical (unpaired) electrons. The number of benzene rings is 2. The molecule has 0 aliphatic heterocycles. The smallest absolute Gasteiger partial charge is 0.349 e. The third-order valence-electron chi connectivity index (χ3n) is 3.88. The Morgan fingerprint density at radius 3 is 2.43 bits per heavy atom. The van der Waals surface area contributed by atoms with Gasteiger partial charge in [-0.25, -0.2) is 4.79 Å². The van der Waals surface area contributed by atoms with Gasteiger partial charge in [0.15, 0.2) is 0 Å². The molecule has 28 heavy (non-hydrogen) atoms. The van der Waals surface area contributed by atoms with Gasteiger partial charge >= 0.3 is 5.97 Å². The third kappa shape index (κ3) is 4.06. The van der Waals surface area contributed by atoms with Crippen LogP contribution in [-0.4, -0.2) is 18.5 Å². The van der Waals surface area contributed by atoms with E-state index in [1.165, 1.54) is 0 Å². The number of nitriles is 1. The number of hydrogen-bond acceptors (Lipinski definition) is 5. The van der Waals surface area contributed by atoms with Crippen LogP contribution in [-0.2, 0) is 4.74 Å². The summed E-state index contributed by atoms with van der Waals surface area (Å²) in [6.45, 7) is 1.92. The Labute approximate surface area is 171 Å². The van der Waals surface area contributed by atoms with E-state index in [1.807, 2.05) is 18.2 Å². The summed E-state index contributed by atoms with van der Waals surface area (Å²) in [6.07, 6.45) is 0. The van der Waals surface area contributed by atoms with E-state index in [-0.39, 0.29) is 17.0 Å². The van der Waals surface area contributed by atoms with Gasteiger partial charge in [-0.3, -0.25) is 4.79 Å². The molecule has 0 spiro atoms. The van der Waals surface area contributed by atoms with E-state index in [4.69, 9.17) is 16.3 Å². The lowest BCUT2D eigenvalue weighted by Gasteiger charge is -2.05. The molecule has 0 unspecified atom stereocenters. The van der Waals surface area contributed by atoms with E-state index >= 15 is 0 Å². The fourth-order valence-corrected chi connectivity index (χ4v) is 3.81. The van der Waals surface area contributed by atoms with Crippen molar-refractivity contribution in [1.82, 2.24) is 0 Å². The van der Waals surface area contributed by atoms with Crippen molar-refractivity contribution in [2.24, 2.45) is 0 Å². The number of halogens is 1. The van der Waals surface area contributed by atoms with E-state index in [0.29, 0.717) is 26.7 Å². The van der Waals surface area contributed by atoms with Gasteiger partial charge in [0.05, 0.1) is 12.2 Å². The lowest BCUT2D eigenvalue weighted by atomic mass is 10.0. The van der Waals surface area contributed by atoms with Crippen LogP contribution < -0.4 is 5.32 Å². The van der Waals surface area contributed by atoms with Gasteiger partial charge in [-0.1, -0.05) is 41.9 Å². The van der Waals surface area contributed by atoms with Crippen molar-refractivity contribution in [3.8, 4) is 17.2 Å². The quantitative estimate of drug-likeness (QED) is 0.573. The van der Waals surface area contributed by atoms with Gasteiger partial charge in [-0.05, 0) is 36.8 Å². The highest BCUT2D eigenvalue weighted by atomic mass is 35.5. The zero-order valence-corrected chi connectivity index (χ0v) is 16.4. The number of ether oxygens (including phenoxy) is 1. The second-order valence-electron chi connectivity index (χ2n) is 5.67. The Bertz CT molecular complexity index is 1050. The van der Waals surface area contributed by atoms with Crippen molar-refractivity contribution in [2.75, 3.05) is 11.9 Å². The van der Waals surface area contributed by atoms with Crippen LogP contribution in [0.15, 0.2) is 54.6 Å². The van der Waals surface area contributed by atoms with E-state index in [9.17, 15) is 14.9 Å². The van der Waals surface area contributed by atoms with E-state index in [0.717, 1.165) is 11.3 Å². The molecule has 1 N–H and O–H groups in total. The maximum absolute atomic E-state index is 12.6. The van der Waals surface area contributed by atoms with Gasteiger partial charge in [0.1, 0.15) is 15.9 Å². The van der Waals surface area contributed by atoms with Gasteiger partial charge in [-0.2, -0.15) is 5.26 Å². The van der Waals surface area contributed by atoms with Crippen molar-refractivity contribution in [3.05, 3.63) is 75.6 Å². The van der Waals surface area contributed by atoms with Gasteiger partial charge in [-0.15, -0.1) is 11.3 Å². The summed E-state index contributed by atoms with van der Waals surface area (Å²) in [4.78, 5) is 25.3. The molecule has 0 atom stereocenters. The van der Waals surface area contributed by atoms with Crippen LogP contribution in [0.5, 0.6) is 0 Å². The summed E-state index contributed by atoms with van der Waals surface area (Å²) in [5, 5.41) is 13.3. The molecule has 0 aliphatic rings. The lowest BCUT2D eigenvalue weighted by molar-refractivity contribution is 0.0532. The van der Waals surface area contributed by atoms with Crippen molar-refractivity contribution in [3.63, 3.8) is 0 Å². The minimum Gasteiger partial charge on any atom is -0.462 e. The zero-order chi connectivity index (χ0) is 20.1. The number of esters is 1. The minimum atomic E-state index is -0.533. The Kier molecular flexibility index (Phi) is 6.09. The molecule has 140 valence electrons. The number of nitrogens with zero attached hydrogens (tertiary/aromatic N) is 1. The first kappa shape index (κ1) is 19.6. The van der Waals surface area contributed by atoms with Crippen LogP contribution in [0.2, 0.25) is 5.02 Å². The highest BCUT2D eigenvalue weighted by molar-refractivity contribution is 7.19. The SMILES string of the molecule is CCOC(=O)c1sc(NC(=O)c2ccc(Cl)cc2)c(C#N)c1-c1ccccc1. The van der Waals surface area contributed by atoms with E-state index in [1.54, 1.807) is 43.3 Å². The van der Waals surface area contributed by atoms with E-state index in [2.05, 4.69) is 11.4 Å². The first-order valence-corrected chi connectivity index (χ1v) is 9.61. The van der Waals surface area contributed by atoms with Crippen LogP contribution in [0, 0.1) is 11.3 Å². The predicted octanol–water partition coefficient (Wildman–Crippen LogP) is 5.37. The first-order valence-electron chi connectivity index (χ1n) is 8.41. The number of hydrogen-bond donors (Lipinski definition) is 1. The highest BCUT2D eigenvalue weighted by Gasteiger charge is 2.26. The molecule has 7 heteroatoms. The van der Waals surface area contributed by atoms with Crippen LogP contribution in [0.25, 0.3) is 11.1 Å². The monoisotopic (exact) mass is 410 g/mol. The van der Waals surface area contributed by atoms with Gasteiger partial charge < -0.3 is 10.1 Å². The number of amides is 1. The molecular formula is C21H15ClN2O3S. The topological polar surface area (TPSA) is 79.2 Å². The lowest BCUT2D eigenvalue weighted by Crippen LogP contribution is -2.11.